The topological polar surface area (TPSA) is 124 Å². The van der Waals surface area contributed by atoms with Gasteiger partial charge in [0.1, 0.15) is 5.83 Å². The molecule has 2 aromatic rings. The minimum atomic E-state index is -0.402. The molecule has 0 aliphatic heterocycles. The zero-order valence-electron chi connectivity index (χ0n) is 20.4. The third kappa shape index (κ3) is 7.59. The molecule has 0 bridgehead atoms. The highest BCUT2D eigenvalue weighted by Gasteiger charge is 2.18. The van der Waals surface area contributed by atoms with Crippen molar-refractivity contribution < 1.29 is 14.3 Å². The predicted octanol–water partition coefficient (Wildman–Crippen LogP) is 4.10. The highest BCUT2D eigenvalue weighted by atomic mass is 32.1. The minimum absolute atomic E-state index is 0.0902. The Bertz CT molecular complexity index is 1130. The largest absolute Gasteiger partial charge is 0.394 e. The maximum Gasteiger partial charge on any atom is 0.315 e. The van der Waals surface area contributed by atoms with E-state index in [1.807, 2.05) is 33.8 Å². The van der Waals surface area contributed by atoms with Gasteiger partial charge in [0.05, 0.1) is 22.9 Å². The van der Waals surface area contributed by atoms with E-state index in [-0.39, 0.29) is 31.3 Å². The van der Waals surface area contributed by atoms with Crippen LogP contribution in [0.4, 0.5) is 20.3 Å². The monoisotopic (exact) mass is 501 g/mol. The van der Waals surface area contributed by atoms with E-state index >= 15 is 0 Å². The van der Waals surface area contributed by atoms with E-state index in [2.05, 4.69) is 36.2 Å². The molecule has 2 amide bonds. The van der Waals surface area contributed by atoms with Gasteiger partial charge in [0, 0.05) is 31.4 Å². The Hall–Kier alpha value is -3.31. The number of urea groups is 1. The first-order valence-electron chi connectivity index (χ1n) is 11.6. The molecule has 1 aliphatic rings. The number of amides is 2. The predicted molar refractivity (Wildman–Crippen MR) is 139 cm³/mol. The van der Waals surface area contributed by atoms with Crippen LogP contribution >= 0.6 is 11.3 Å². The number of halogens is 1. The highest BCUT2D eigenvalue weighted by molar-refractivity contribution is 7.18. The normalized spacial score (nSPS) is 14.4. The molecule has 0 spiro atoms. The van der Waals surface area contributed by atoms with Crippen LogP contribution in [-0.4, -0.2) is 57.9 Å². The number of nitrogens with zero attached hydrogens (tertiary/aromatic N) is 3. The minimum Gasteiger partial charge on any atom is -0.394 e. The Balaban J connectivity index is 2.06. The molecule has 1 aliphatic carbocycles. The van der Waals surface area contributed by atoms with Gasteiger partial charge in [-0.1, -0.05) is 17.4 Å². The standard InChI is InChI=1S/C24H32FN7O2S/c1-5-26-23(34)27-11-16-9-17(25)7-6-8-18(16)19-10-20(32-22(31-19)30-15(4)13-33)21-12-28-24(35-21)29-14(2)3/h6-7,9-10,12,14-15,33H,5,8,11,13H2,1-4H3,(H,28,29)(H2,26,27,34)(H,30,31,32)/t15-/m0/s1. The van der Waals surface area contributed by atoms with Crippen molar-refractivity contribution in [1.82, 2.24) is 25.6 Å². The molecule has 0 saturated carbocycles. The molecule has 5 N–H and O–H groups in total. The summed E-state index contributed by atoms with van der Waals surface area (Å²) < 4.78 is 14.3. The Morgan fingerprint density at radius 1 is 1.20 bits per heavy atom. The molecular weight excluding hydrogens is 469 g/mol. The van der Waals surface area contributed by atoms with Crippen molar-refractivity contribution in [2.75, 3.05) is 30.3 Å². The fourth-order valence-corrected chi connectivity index (χ4v) is 4.24. The molecule has 2 aromatic heterocycles. The lowest BCUT2D eigenvalue weighted by atomic mass is 10.0. The van der Waals surface area contributed by atoms with Gasteiger partial charge in [0.25, 0.3) is 0 Å². The van der Waals surface area contributed by atoms with E-state index in [1.54, 1.807) is 12.3 Å². The third-order valence-corrected chi connectivity index (χ3v) is 5.88. The molecule has 11 heteroatoms. The van der Waals surface area contributed by atoms with E-state index in [4.69, 9.17) is 0 Å². The average molecular weight is 502 g/mol. The third-order valence-electron chi connectivity index (χ3n) is 4.93. The van der Waals surface area contributed by atoms with Gasteiger partial charge in [-0.2, -0.15) is 0 Å². The van der Waals surface area contributed by atoms with Crippen LogP contribution < -0.4 is 21.3 Å². The molecule has 1 atom stereocenters. The van der Waals surface area contributed by atoms with Gasteiger partial charge >= 0.3 is 6.03 Å². The number of hydrogen-bond acceptors (Lipinski definition) is 8. The lowest BCUT2D eigenvalue weighted by molar-refractivity contribution is 0.242. The van der Waals surface area contributed by atoms with E-state index in [0.717, 1.165) is 15.6 Å². The van der Waals surface area contributed by atoms with Crippen LogP contribution in [-0.2, 0) is 0 Å². The van der Waals surface area contributed by atoms with E-state index in [9.17, 15) is 14.3 Å². The van der Waals surface area contributed by atoms with Crippen molar-refractivity contribution in [2.24, 2.45) is 0 Å². The molecule has 35 heavy (non-hydrogen) atoms. The van der Waals surface area contributed by atoms with Gasteiger partial charge in [0.15, 0.2) is 5.13 Å². The fourth-order valence-electron chi connectivity index (χ4n) is 3.31. The van der Waals surface area contributed by atoms with E-state index < -0.39 is 5.83 Å². The molecule has 9 nitrogen and oxygen atoms in total. The number of allylic oxidation sites excluding steroid dienone is 4. The number of thiazole rings is 1. The summed E-state index contributed by atoms with van der Waals surface area (Å²) in [6, 6.07) is 1.48. The van der Waals surface area contributed by atoms with Crippen LogP contribution in [0.25, 0.3) is 16.1 Å². The van der Waals surface area contributed by atoms with Crippen LogP contribution in [0.1, 0.15) is 39.8 Å². The number of nitrogens with one attached hydrogen (secondary N) is 4. The first-order chi connectivity index (χ1) is 16.8. The van der Waals surface area contributed by atoms with Crippen LogP contribution in [0, 0.1) is 0 Å². The number of aliphatic hydroxyl groups excluding tert-OH is 1. The number of anilines is 2. The van der Waals surface area contributed by atoms with Gasteiger partial charge in [0.2, 0.25) is 5.95 Å². The number of rotatable bonds is 10. The summed E-state index contributed by atoms with van der Waals surface area (Å²) in [4.78, 5) is 26.6. The average Bonchev–Trinajstić information content (AvgIpc) is 3.18. The second-order valence-corrected chi connectivity index (χ2v) is 9.40. The van der Waals surface area contributed by atoms with Crippen molar-refractivity contribution in [2.45, 2.75) is 46.2 Å². The molecule has 3 rings (SSSR count). The van der Waals surface area contributed by atoms with Crippen molar-refractivity contribution in [3.8, 4) is 10.6 Å². The summed E-state index contributed by atoms with van der Waals surface area (Å²) in [7, 11) is 0. The van der Waals surface area contributed by atoms with Gasteiger partial charge in [-0.15, -0.1) is 0 Å². The summed E-state index contributed by atoms with van der Waals surface area (Å²) in [5.74, 6) is -0.0619. The quantitative estimate of drug-likeness (QED) is 0.332. The number of carbonyl (C=O) groups is 1. The molecule has 0 fully saturated rings. The van der Waals surface area contributed by atoms with Gasteiger partial charge in [-0.05, 0) is 63.5 Å². The second kappa shape index (κ2) is 12.4. The zero-order chi connectivity index (χ0) is 25.4. The molecule has 0 unspecified atom stereocenters. The second-order valence-electron chi connectivity index (χ2n) is 8.37. The lowest BCUT2D eigenvalue weighted by Gasteiger charge is -2.16. The number of aliphatic hydroxyl groups is 1. The smallest absolute Gasteiger partial charge is 0.315 e. The molecule has 2 heterocycles. The number of hydrogen-bond donors (Lipinski definition) is 5. The SMILES string of the molecule is CCNC(=O)NCC1=C(c2cc(-c3cnc(NC(C)C)s3)nc(N[C@@H](C)CO)n2)CC=CC(F)=C1. The van der Waals surface area contributed by atoms with Crippen molar-refractivity contribution in [3.05, 3.63) is 47.6 Å². The Labute approximate surface area is 208 Å². The maximum atomic E-state index is 14.3. The summed E-state index contributed by atoms with van der Waals surface area (Å²) in [6.07, 6.45) is 6.71. The van der Waals surface area contributed by atoms with Crippen LogP contribution in [0.15, 0.2) is 41.9 Å². The summed E-state index contributed by atoms with van der Waals surface area (Å²) >= 11 is 1.47. The van der Waals surface area contributed by atoms with Gasteiger partial charge in [-0.3, -0.25) is 0 Å². The zero-order valence-corrected chi connectivity index (χ0v) is 21.2. The maximum absolute atomic E-state index is 14.3. The molecule has 0 aromatic carbocycles. The van der Waals surface area contributed by atoms with Gasteiger partial charge < -0.3 is 26.4 Å². The Morgan fingerprint density at radius 3 is 2.69 bits per heavy atom. The number of aromatic nitrogens is 3. The summed E-state index contributed by atoms with van der Waals surface area (Å²) in [5, 5.41) is 22.1. The first-order valence-corrected chi connectivity index (χ1v) is 12.4. The molecular formula is C24H32FN7O2S. The molecule has 0 saturated heterocycles. The van der Waals surface area contributed by atoms with Crippen molar-refractivity contribution in [1.29, 1.82) is 0 Å². The first kappa shape index (κ1) is 26.3. The Morgan fingerprint density at radius 2 is 1.97 bits per heavy atom. The van der Waals surface area contributed by atoms with Crippen LogP contribution in [0.5, 0.6) is 0 Å². The van der Waals surface area contributed by atoms with Crippen molar-refractivity contribution >= 4 is 34.0 Å². The van der Waals surface area contributed by atoms with E-state index in [0.29, 0.717) is 35.9 Å². The van der Waals surface area contributed by atoms with Crippen LogP contribution in [0.3, 0.4) is 0 Å². The molecule has 188 valence electrons. The highest BCUT2D eigenvalue weighted by Crippen LogP contribution is 2.33. The number of carbonyl (C=O) groups excluding carboxylic acids is 1. The molecule has 0 radical (unpaired) electrons. The van der Waals surface area contributed by atoms with Crippen LogP contribution in [0.2, 0.25) is 0 Å². The Kier molecular flexibility index (Phi) is 9.32. The summed E-state index contributed by atoms with van der Waals surface area (Å²) in [6.45, 7) is 8.25. The van der Waals surface area contributed by atoms with Crippen molar-refractivity contribution in [3.63, 3.8) is 0 Å². The van der Waals surface area contributed by atoms with Gasteiger partial charge in [-0.25, -0.2) is 24.1 Å². The summed E-state index contributed by atoms with van der Waals surface area (Å²) in [5.41, 5.74) is 2.62. The fraction of sp³-hybridized carbons (Fsp3) is 0.417. The van der Waals surface area contributed by atoms with E-state index in [1.165, 1.54) is 23.5 Å². The lowest BCUT2D eigenvalue weighted by Crippen LogP contribution is -2.36.